The summed E-state index contributed by atoms with van der Waals surface area (Å²) in [7, 11) is 0. The number of alkyl halides is 3. The molecular weight excluding hydrogens is 207 g/mol. The van der Waals surface area contributed by atoms with Crippen molar-refractivity contribution < 1.29 is 33.0 Å². The van der Waals surface area contributed by atoms with Crippen LogP contribution >= 0.6 is 0 Å². The quantitative estimate of drug-likeness (QED) is 0.592. The first-order valence-electron chi connectivity index (χ1n) is 3.45. The summed E-state index contributed by atoms with van der Waals surface area (Å²) in [6.07, 6.45) is -7.16. The van der Waals surface area contributed by atoms with Crippen LogP contribution in [0.1, 0.15) is 6.92 Å². The zero-order chi connectivity index (χ0) is 11.5. The molecule has 0 fully saturated rings. The van der Waals surface area contributed by atoms with Crippen molar-refractivity contribution in [1.82, 2.24) is 5.32 Å². The number of carbonyl (C=O) groups excluding carboxylic acids is 1. The van der Waals surface area contributed by atoms with E-state index in [1.807, 2.05) is 0 Å². The zero-order valence-corrected chi connectivity index (χ0v) is 7.00. The topological polar surface area (TPSA) is 86.6 Å². The minimum atomic E-state index is -5.09. The summed E-state index contributed by atoms with van der Waals surface area (Å²) >= 11 is 0. The summed E-state index contributed by atoms with van der Waals surface area (Å²) < 4.78 is 34.9. The average Bonchev–Trinajstić information content (AvgIpc) is 2.00. The van der Waals surface area contributed by atoms with Gasteiger partial charge in [0.15, 0.2) is 6.10 Å². The molecule has 0 bridgehead atoms. The predicted octanol–water partition coefficient (Wildman–Crippen LogP) is -0.501. The van der Waals surface area contributed by atoms with Gasteiger partial charge >= 0.3 is 18.1 Å². The van der Waals surface area contributed by atoms with Gasteiger partial charge in [0.25, 0.3) is 0 Å². The molecule has 8 heteroatoms. The van der Waals surface area contributed by atoms with E-state index in [4.69, 9.17) is 10.2 Å². The number of hydrogen-bond donors (Lipinski definition) is 3. The van der Waals surface area contributed by atoms with E-state index in [9.17, 15) is 22.8 Å². The minimum Gasteiger partial charge on any atom is -0.479 e. The number of hydrogen-bond acceptors (Lipinski definition) is 3. The first kappa shape index (κ1) is 12.7. The number of carboxylic acids is 1. The highest BCUT2D eigenvalue weighted by atomic mass is 19.4. The number of amides is 1. The van der Waals surface area contributed by atoms with Crippen LogP contribution in [0.5, 0.6) is 0 Å². The van der Waals surface area contributed by atoms with Gasteiger partial charge in [-0.15, -0.1) is 0 Å². The largest absolute Gasteiger partial charge is 0.479 e. The molecule has 0 rings (SSSR count). The van der Waals surface area contributed by atoms with Crippen molar-refractivity contribution in [2.75, 3.05) is 0 Å². The Bertz CT molecular complexity index is 240. The van der Waals surface area contributed by atoms with E-state index in [0.29, 0.717) is 0 Å². The maximum absolute atomic E-state index is 11.6. The van der Waals surface area contributed by atoms with E-state index < -0.39 is 30.2 Å². The Morgan fingerprint density at radius 1 is 1.36 bits per heavy atom. The lowest BCUT2D eigenvalue weighted by Gasteiger charge is -2.17. The summed E-state index contributed by atoms with van der Waals surface area (Å²) in [6.45, 7) is 0.947. The Morgan fingerprint density at radius 2 is 1.79 bits per heavy atom. The fourth-order valence-corrected chi connectivity index (χ4v) is 0.581. The molecule has 14 heavy (non-hydrogen) atoms. The number of nitrogens with one attached hydrogen (secondary N) is 1. The van der Waals surface area contributed by atoms with Gasteiger partial charge in [-0.3, -0.25) is 4.79 Å². The van der Waals surface area contributed by atoms with Crippen molar-refractivity contribution in [2.45, 2.75) is 25.2 Å². The lowest BCUT2D eigenvalue weighted by molar-refractivity contribution is -0.175. The molecule has 0 spiro atoms. The first-order valence-corrected chi connectivity index (χ1v) is 3.45. The fourth-order valence-electron chi connectivity index (χ4n) is 0.581. The van der Waals surface area contributed by atoms with Crippen molar-refractivity contribution in [3.63, 3.8) is 0 Å². The predicted molar refractivity (Wildman–Crippen MR) is 37.3 cm³/mol. The third-order valence-electron chi connectivity index (χ3n) is 1.34. The monoisotopic (exact) mass is 215 g/mol. The fraction of sp³-hybridized carbons (Fsp3) is 0.667. The summed E-state index contributed by atoms with van der Waals surface area (Å²) in [4.78, 5) is 20.4. The maximum atomic E-state index is 11.6. The maximum Gasteiger partial charge on any atom is 0.471 e. The molecule has 0 aliphatic carbocycles. The average molecular weight is 215 g/mol. The Hall–Kier alpha value is -1.31. The van der Waals surface area contributed by atoms with Gasteiger partial charge in [0.2, 0.25) is 0 Å². The molecular formula is C6H8F3NO4. The Balaban J connectivity index is 4.27. The number of aliphatic hydroxyl groups is 1. The normalized spacial score (nSPS) is 15.8. The third-order valence-corrected chi connectivity index (χ3v) is 1.34. The lowest BCUT2D eigenvalue weighted by atomic mass is 10.2. The van der Waals surface area contributed by atoms with Gasteiger partial charge in [0.1, 0.15) is 0 Å². The summed E-state index contributed by atoms with van der Waals surface area (Å²) in [5.74, 6) is -4.00. The molecule has 0 aliphatic rings. The van der Waals surface area contributed by atoms with Crippen molar-refractivity contribution in [3.8, 4) is 0 Å². The van der Waals surface area contributed by atoms with Crippen molar-refractivity contribution in [3.05, 3.63) is 0 Å². The molecule has 0 aliphatic heterocycles. The van der Waals surface area contributed by atoms with Gasteiger partial charge < -0.3 is 15.5 Å². The van der Waals surface area contributed by atoms with Crippen molar-refractivity contribution in [2.24, 2.45) is 0 Å². The number of rotatable bonds is 3. The first-order chi connectivity index (χ1) is 6.16. The highest BCUT2D eigenvalue weighted by Crippen LogP contribution is 2.14. The van der Waals surface area contributed by atoms with Crippen LogP contribution < -0.4 is 5.32 Å². The number of carbonyl (C=O) groups is 2. The van der Waals surface area contributed by atoms with Crippen LogP contribution in [0, 0.1) is 0 Å². The smallest absolute Gasteiger partial charge is 0.471 e. The summed E-state index contributed by atoms with van der Waals surface area (Å²) in [5, 5.41) is 18.2. The van der Waals surface area contributed by atoms with Gasteiger partial charge in [0, 0.05) is 0 Å². The lowest BCUT2D eigenvalue weighted by Crippen LogP contribution is -2.49. The van der Waals surface area contributed by atoms with Crippen LogP contribution in [0.3, 0.4) is 0 Å². The highest BCUT2D eigenvalue weighted by molar-refractivity contribution is 5.83. The second kappa shape index (κ2) is 4.27. The van der Waals surface area contributed by atoms with Crippen LogP contribution in [-0.4, -0.2) is 40.4 Å². The Kier molecular flexibility index (Phi) is 3.87. The highest BCUT2D eigenvalue weighted by Gasteiger charge is 2.40. The molecule has 0 heterocycles. The number of aliphatic hydroxyl groups excluding tert-OH is 1. The van der Waals surface area contributed by atoms with Crippen molar-refractivity contribution in [1.29, 1.82) is 0 Å². The van der Waals surface area contributed by atoms with E-state index in [0.717, 1.165) is 6.92 Å². The van der Waals surface area contributed by atoms with Crippen LogP contribution in [-0.2, 0) is 9.59 Å². The minimum absolute atomic E-state index is 0.947. The summed E-state index contributed by atoms with van der Waals surface area (Å²) in [6, 6.07) is -1.51. The van der Waals surface area contributed by atoms with Gasteiger partial charge in [-0.1, -0.05) is 0 Å². The van der Waals surface area contributed by atoms with E-state index >= 15 is 0 Å². The van der Waals surface area contributed by atoms with Crippen LogP contribution in [0.15, 0.2) is 0 Å². The van der Waals surface area contributed by atoms with Gasteiger partial charge in [-0.2, -0.15) is 13.2 Å². The van der Waals surface area contributed by atoms with E-state index in [-0.39, 0.29) is 0 Å². The Labute approximate surface area is 76.5 Å². The van der Waals surface area contributed by atoms with E-state index in [2.05, 4.69) is 0 Å². The number of halogens is 3. The number of carboxylic acid groups (broad SMARTS) is 1. The third kappa shape index (κ3) is 3.60. The van der Waals surface area contributed by atoms with Gasteiger partial charge in [-0.25, -0.2) is 4.79 Å². The van der Waals surface area contributed by atoms with Gasteiger partial charge in [-0.05, 0) is 6.92 Å². The van der Waals surface area contributed by atoms with Gasteiger partial charge in [0.05, 0.1) is 6.04 Å². The van der Waals surface area contributed by atoms with Crippen LogP contribution in [0.2, 0.25) is 0 Å². The SMILES string of the molecule is CC(NC(=O)C(F)(F)F)C(O)C(=O)O. The second-order valence-electron chi connectivity index (χ2n) is 2.54. The van der Waals surface area contributed by atoms with E-state index in [1.54, 1.807) is 0 Å². The molecule has 5 nitrogen and oxygen atoms in total. The molecule has 0 aromatic carbocycles. The molecule has 0 aromatic heterocycles. The molecule has 0 aromatic rings. The molecule has 2 atom stereocenters. The molecule has 1 amide bonds. The Morgan fingerprint density at radius 3 is 2.07 bits per heavy atom. The molecule has 82 valence electrons. The second-order valence-corrected chi connectivity index (χ2v) is 2.54. The summed E-state index contributed by atoms with van der Waals surface area (Å²) in [5.41, 5.74) is 0. The van der Waals surface area contributed by atoms with Crippen molar-refractivity contribution >= 4 is 11.9 Å². The standard InChI is InChI=1S/C6H8F3NO4/c1-2(3(11)4(12)13)10-5(14)6(7,8)9/h2-3,11H,1H3,(H,10,14)(H,12,13). The van der Waals surface area contributed by atoms with E-state index in [1.165, 1.54) is 5.32 Å². The van der Waals surface area contributed by atoms with Crippen LogP contribution in [0.25, 0.3) is 0 Å². The molecule has 0 saturated heterocycles. The van der Waals surface area contributed by atoms with Crippen LogP contribution in [0.4, 0.5) is 13.2 Å². The zero-order valence-electron chi connectivity index (χ0n) is 7.00. The molecule has 2 unspecified atom stereocenters. The molecule has 0 saturated carbocycles. The number of aliphatic carboxylic acids is 1. The molecule has 3 N–H and O–H groups in total. The molecule has 0 radical (unpaired) electrons.